The highest BCUT2D eigenvalue weighted by molar-refractivity contribution is 9.10. The van der Waals surface area contributed by atoms with Gasteiger partial charge in [-0.2, -0.15) is 5.10 Å². The molecule has 2 aromatic carbocycles. The highest BCUT2D eigenvalue weighted by Gasteiger charge is 2.12. The molecule has 0 atom stereocenters. The van der Waals surface area contributed by atoms with E-state index >= 15 is 0 Å². The van der Waals surface area contributed by atoms with Gasteiger partial charge >= 0.3 is 0 Å². The number of ether oxygens (including phenoxy) is 2. The highest BCUT2D eigenvalue weighted by Crippen LogP contribution is 2.29. The molecule has 0 fully saturated rings. The summed E-state index contributed by atoms with van der Waals surface area (Å²) >= 11 is 3.35. The molecule has 0 spiro atoms. The van der Waals surface area contributed by atoms with Crippen molar-refractivity contribution in [2.75, 3.05) is 13.7 Å². The maximum atomic E-state index is 12.0. The van der Waals surface area contributed by atoms with Crippen molar-refractivity contribution < 1.29 is 19.2 Å². The Morgan fingerprint density at radius 3 is 2.83 bits per heavy atom. The number of amides is 1. The predicted molar refractivity (Wildman–Crippen MR) is 112 cm³/mol. The van der Waals surface area contributed by atoms with E-state index in [0.29, 0.717) is 21.5 Å². The van der Waals surface area contributed by atoms with Gasteiger partial charge in [-0.25, -0.2) is 5.43 Å². The molecule has 1 aromatic heterocycles. The zero-order valence-electron chi connectivity index (χ0n) is 15.6. The third-order valence-electron chi connectivity index (χ3n) is 4.11. The summed E-state index contributed by atoms with van der Waals surface area (Å²) in [4.78, 5) is 25.5. The van der Waals surface area contributed by atoms with Crippen LogP contribution >= 0.6 is 15.9 Å². The number of methoxy groups -OCH3 is 1. The molecule has 1 amide bonds. The largest absolute Gasteiger partial charge is 0.497 e. The summed E-state index contributed by atoms with van der Waals surface area (Å²) in [6.07, 6.45) is 1.49. The van der Waals surface area contributed by atoms with Crippen molar-refractivity contribution in [2.24, 2.45) is 5.10 Å². The molecule has 0 aliphatic rings. The molecular formula is C19H17BrN4O5. The molecule has 10 heteroatoms. The van der Waals surface area contributed by atoms with Crippen molar-refractivity contribution in [1.82, 2.24) is 10.4 Å². The Labute approximate surface area is 174 Å². The molecule has 2 N–H and O–H groups in total. The van der Waals surface area contributed by atoms with Gasteiger partial charge in [0.25, 0.3) is 11.6 Å². The number of nitrogens with one attached hydrogen (secondary N) is 2. The van der Waals surface area contributed by atoms with E-state index in [9.17, 15) is 14.9 Å². The number of nitro groups is 1. The fraction of sp³-hybridized carbons (Fsp3) is 0.158. The number of nitro benzene ring substituents is 1. The zero-order valence-corrected chi connectivity index (χ0v) is 17.1. The van der Waals surface area contributed by atoms with Gasteiger partial charge in [0.15, 0.2) is 6.61 Å². The molecule has 9 nitrogen and oxygen atoms in total. The summed E-state index contributed by atoms with van der Waals surface area (Å²) in [6.45, 7) is 1.60. The first-order chi connectivity index (χ1) is 13.9. The van der Waals surface area contributed by atoms with Crippen LogP contribution in [0.2, 0.25) is 0 Å². The SMILES string of the molecule is COc1ccc(OCC(=O)N/N=C\c2c(C)[nH]c3cc([N+](=O)[O-])ccc23)c(Br)c1. The Morgan fingerprint density at radius 1 is 1.34 bits per heavy atom. The number of non-ortho nitro benzene ring substituents is 1. The lowest BCUT2D eigenvalue weighted by Crippen LogP contribution is -2.24. The van der Waals surface area contributed by atoms with E-state index in [1.165, 1.54) is 18.3 Å². The minimum absolute atomic E-state index is 0.00242. The van der Waals surface area contributed by atoms with Crippen molar-refractivity contribution in [3.05, 3.63) is 62.2 Å². The molecule has 0 aliphatic carbocycles. The average molecular weight is 461 g/mol. The van der Waals surface area contributed by atoms with Gasteiger partial charge in [-0.05, 0) is 47.1 Å². The van der Waals surface area contributed by atoms with Crippen LogP contribution in [0.25, 0.3) is 10.9 Å². The average Bonchev–Trinajstić information content (AvgIpc) is 3.01. The molecule has 0 aliphatic heterocycles. The number of aryl methyl sites for hydroxylation is 1. The van der Waals surface area contributed by atoms with Crippen molar-refractivity contribution in [3.63, 3.8) is 0 Å². The van der Waals surface area contributed by atoms with Crippen LogP contribution in [-0.4, -0.2) is 35.7 Å². The zero-order chi connectivity index (χ0) is 21.0. The van der Waals surface area contributed by atoms with E-state index < -0.39 is 10.8 Å². The van der Waals surface area contributed by atoms with Crippen molar-refractivity contribution >= 4 is 44.6 Å². The fourth-order valence-corrected chi connectivity index (χ4v) is 3.16. The van der Waals surface area contributed by atoms with Crippen molar-refractivity contribution in [2.45, 2.75) is 6.92 Å². The van der Waals surface area contributed by atoms with Crippen LogP contribution in [0.1, 0.15) is 11.3 Å². The summed E-state index contributed by atoms with van der Waals surface area (Å²) in [5.41, 5.74) is 4.52. The summed E-state index contributed by atoms with van der Waals surface area (Å²) in [5.74, 6) is 0.730. The first-order valence-corrected chi connectivity index (χ1v) is 9.23. The lowest BCUT2D eigenvalue weighted by atomic mass is 10.1. The second-order valence-electron chi connectivity index (χ2n) is 6.03. The number of hydrazone groups is 1. The van der Waals surface area contributed by atoms with Gasteiger partial charge in [0.1, 0.15) is 11.5 Å². The number of fused-ring (bicyclic) bond motifs is 1. The number of hydrogen-bond donors (Lipinski definition) is 2. The van der Waals surface area contributed by atoms with Crippen molar-refractivity contribution in [1.29, 1.82) is 0 Å². The number of halogens is 1. The number of carbonyl (C=O) groups is 1. The summed E-state index contributed by atoms with van der Waals surface area (Å²) in [6, 6.07) is 9.67. The van der Waals surface area contributed by atoms with Crippen LogP contribution in [0.5, 0.6) is 11.5 Å². The molecule has 3 aromatic rings. The fourth-order valence-electron chi connectivity index (χ4n) is 2.69. The molecule has 3 rings (SSSR count). The lowest BCUT2D eigenvalue weighted by Gasteiger charge is -2.08. The summed E-state index contributed by atoms with van der Waals surface area (Å²) < 4.78 is 11.2. The number of H-pyrrole nitrogens is 1. The molecular weight excluding hydrogens is 444 g/mol. The molecule has 0 saturated heterocycles. The molecule has 29 heavy (non-hydrogen) atoms. The van der Waals surface area contributed by atoms with Crippen LogP contribution in [0.15, 0.2) is 46.0 Å². The first-order valence-electron chi connectivity index (χ1n) is 8.44. The Balaban J connectivity index is 1.63. The summed E-state index contributed by atoms with van der Waals surface area (Å²) in [5, 5.41) is 15.6. The quantitative estimate of drug-likeness (QED) is 0.316. The Kier molecular flexibility index (Phi) is 6.13. The lowest BCUT2D eigenvalue weighted by molar-refractivity contribution is -0.384. The van der Waals surface area contributed by atoms with E-state index in [1.807, 2.05) is 6.92 Å². The van der Waals surface area contributed by atoms with Gasteiger partial charge in [-0.15, -0.1) is 0 Å². The number of carbonyl (C=O) groups excluding carboxylic acids is 1. The minimum Gasteiger partial charge on any atom is -0.497 e. The Hall–Kier alpha value is -3.40. The molecule has 0 saturated carbocycles. The third-order valence-corrected chi connectivity index (χ3v) is 4.73. The van der Waals surface area contributed by atoms with Gasteiger partial charge in [0.2, 0.25) is 0 Å². The van der Waals surface area contributed by atoms with E-state index in [1.54, 1.807) is 31.4 Å². The van der Waals surface area contributed by atoms with E-state index in [2.05, 4.69) is 31.4 Å². The maximum absolute atomic E-state index is 12.0. The Morgan fingerprint density at radius 2 is 2.14 bits per heavy atom. The van der Waals surface area contributed by atoms with Crippen LogP contribution in [0, 0.1) is 17.0 Å². The van der Waals surface area contributed by atoms with Crippen LogP contribution in [0.3, 0.4) is 0 Å². The standard InChI is InChI=1S/C19H17BrN4O5/c1-11-15(14-5-3-12(24(26)27)7-17(14)22-11)9-21-23-19(25)10-29-18-6-4-13(28-2)8-16(18)20/h3-9,22H,10H2,1-2H3,(H,23,25)/b21-9-. The van der Waals surface area contributed by atoms with Gasteiger partial charge in [-0.1, -0.05) is 0 Å². The van der Waals surface area contributed by atoms with Gasteiger partial charge in [-0.3, -0.25) is 14.9 Å². The van der Waals surface area contributed by atoms with Gasteiger partial charge in [0.05, 0.1) is 28.2 Å². The summed E-state index contributed by atoms with van der Waals surface area (Å²) in [7, 11) is 1.56. The third kappa shape index (κ3) is 4.72. The molecule has 0 bridgehead atoms. The predicted octanol–water partition coefficient (Wildman–Crippen LogP) is 3.68. The number of rotatable bonds is 7. The number of aromatic nitrogens is 1. The number of aromatic amines is 1. The monoisotopic (exact) mass is 460 g/mol. The molecule has 0 radical (unpaired) electrons. The normalized spacial score (nSPS) is 11.0. The van der Waals surface area contributed by atoms with E-state index in [4.69, 9.17) is 9.47 Å². The van der Waals surface area contributed by atoms with Gasteiger partial charge in [0, 0.05) is 28.8 Å². The number of nitrogens with zero attached hydrogens (tertiary/aromatic N) is 2. The van der Waals surface area contributed by atoms with Crippen molar-refractivity contribution in [3.8, 4) is 11.5 Å². The number of hydrogen-bond acceptors (Lipinski definition) is 6. The first kappa shape index (κ1) is 20.3. The second kappa shape index (κ2) is 8.74. The smallest absolute Gasteiger partial charge is 0.277 e. The molecule has 150 valence electrons. The van der Waals surface area contributed by atoms with E-state index in [0.717, 1.165) is 16.6 Å². The van der Waals surface area contributed by atoms with Crippen LogP contribution in [-0.2, 0) is 4.79 Å². The van der Waals surface area contributed by atoms with Crippen LogP contribution < -0.4 is 14.9 Å². The Bertz CT molecular complexity index is 1110. The highest BCUT2D eigenvalue weighted by atomic mass is 79.9. The second-order valence-corrected chi connectivity index (χ2v) is 6.88. The molecule has 0 unspecified atom stereocenters. The minimum atomic E-state index is -0.454. The number of benzene rings is 2. The topological polar surface area (TPSA) is 119 Å². The van der Waals surface area contributed by atoms with Gasteiger partial charge < -0.3 is 14.5 Å². The van der Waals surface area contributed by atoms with E-state index in [-0.39, 0.29) is 12.3 Å². The maximum Gasteiger partial charge on any atom is 0.277 e. The van der Waals surface area contributed by atoms with Crippen LogP contribution in [0.4, 0.5) is 5.69 Å². The molecule has 1 heterocycles.